The third-order valence-electron chi connectivity index (χ3n) is 2.39. The summed E-state index contributed by atoms with van der Waals surface area (Å²) < 4.78 is 6.80. The molecule has 0 aliphatic rings. The van der Waals surface area contributed by atoms with Crippen LogP contribution in [0.4, 0.5) is 5.69 Å². The van der Waals surface area contributed by atoms with Gasteiger partial charge < -0.3 is 9.73 Å². The predicted octanol–water partition coefficient (Wildman–Crippen LogP) is 5.01. The molecule has 0 amide bonds. The zero-order valence-electron chi connectivity index (χ0n) is 9.87. The van der Waals surface area contributed by atoms with Crippen LogP contribution in [0.5, 0.6) is 0 Å². The van der Waals surface area contributed by atoms with Crippen molar-refractivity contribution in [2.24, 2.45) is 0 Å². The van der Waals surface area contributed by atoms with Crippen LogP contribution in [0.3, 0.4) is 0 Å². The SMILES string of the molecule is CSCc1ccc(CNc2ccc(Cl)cc2I)o1. The van der Waals surface area contributed by atoms with Crippen molar-refractivity contribution in [2.45, 2.75) is 12.3 Å². The Bertz CT molecular complexity index is 529. The van der Waals surface area contributed by atoms with Crippen LogP contribution in [0, 0.1) is 3.57 Å². The Kier molecular flexibility index (Phi) is 5.26. The molecule has 0 aliphatic carbocycles. The summed E-state index contributed by atoms with van der Waals surface area (Å²) >= 11 is 9.94. The molecule has 0 atom stereocenters. The molecule has 1 aromatic carbocycles. The van der Waals surface area contributed by atoms with Crippen molar-refractivity contribution in [2.75, 3.05) is 11.6 Å². The summed E-state index contributed by atoms with van der Waals surface area (Å²) in [5.41, 5.74) is 1.07. The second-order valence-electron chi connectivity index (χ2n) is 3.78. The van der Waals surface area contributed by atoms with Gasteiger partial charge in [0.05, 0.1) is 12.3 Å². The number of anilines is 1. The molecule has 0 fully saturated rings. The van der Waals surface area contributed by atoms with E-state index in [-0.39, 0.29) is 0 Å². The normalized spacial score (nSPS) is 10.6. The first-order chi connectivity index (χ1) is 8.69. The first kappa shape index (κ1) is 14.1. The van der Waals surface area contributed by atoms with Gasteiger partial charge in [0.1, 0.15) is 11.5 Å². The van der Waals surface area contributed by atoms with E-state index in [1.165, 1.54) is 0 Å². The number of rotatable bonds is 5. The van der Waals surface area contributed by atoms with Crippen LogP contribution < -0.4 is 5.32 Å². The number of nitrogens with one attached hydrogen (secondary N) is 1. The molecule has 0 bridgehead atoms. The van der Waals surface area contributed by atoms with Gasteiger partial charge in [-0.15, -0.1) is 0 Å². The Morgan fingerprint density at radius 1 is 1.28 bits per heavy atom. The second-order valence-corrected chi connectivity index (χ2v) is 6.24. The monoisotopic (exact) mass is 393 g/mol. The number of halogens is 2. The smallest absolute Gasteiger partial charge is 0.123 e. The Labute approximate surface area is 130 Å². The molecule has 1 N–H and O–H groups in total. The summed E-state index contributed by atoms with van der Waals surface area (Å²) in [6, 6.07) is 9.84. The van der Waals surface area contributed by atoms with E-state index in [9.17, 15) is 0 Å². The Morgan fingerprint density at radius 2 is 2.06 bits per heavy atom. The molecule has 2 rings (SSSR count). The molecule has 0 radical (unpaired) electrons. The van der Waals surface area contributed by atoms with Crippen LogP contribution in [-0.2, 0) is 12.3 Å². The van der Waals surface area contributed by atoms with Crippen LogP contribution in [0.1, 0.15) is 11.5 Å². The minimum atomic E-state index is 0.687. The van der Waals surface area contributed by atoms with Crippen LogP contribution in [-0.4, -0.2) is 6.26 Å². The molecular weight excluding hydrogens is 381 g/mol. The van der Waals surface area contributed by atoms with Crippen molar-refractivity contribution in [1.29, 1.82) is 0 Å². The van der Waals surface area contributed by atoms with Gasteiger partial charge in [0, 0.05) is 14.3 Å². The highest BCUT2D eigenvalue weighted by Gasteiger charge is 2.04. The summed E-state index contributed by atoms with van der Waals surface area (Å²) in [6.45, 7) is 0.687. The summed E-state index contributed by atoms with van der Waals surface area (Å²) in [5, 5.41) is 4.10. The van der Waals surface area contributed by atoms with Gasteiger partial charge in [-0.25, -0.2) is 0 Å². The van der Waals surface area contributed by atoms with Gasteiger partial charge in [0.2, 0.25) is 0 Å². The summed E-state index contributed by atoms with van der Waals surface area (Å²) in [7, 11) is 0. The third kappa shape index (κ3) is 3.83. The topological polar surface area (TPSA) is 25.2 Å². The van der Waals surface area contributed by atoms with Gasteiger partial charge in [-0.05, 0) is 59.2 Å². The fourth-order valence-electron chi connectivity index (χ4n) is 1.55. The molecule has 0 saturated carbocycles. The lowest BCUT2D eigenvalue weighted by Gasteiger charge is -2.07. The van der Waals surface area contributed by atoms with Crippen molar-refractivity contribution in [3.05, 3.63) is 50.4 Å². The molecule has 0 aliphatic heterocycles. The first-order valence-electron chi connectivity index (χ1n) is 5.44. The lowest BCUT2D eigenvalue weighted by Crippen LogP contribution is -1.99. The summed E-state index contributed by atoms with van der Waals surface area (Å²) in [4.78, 5) is 0. The number of furan rings is 1. The molecule has 0 spiro atoms. The fourth-order valence-corrected chi connectivity index (χ4v) is 3.05. The van der Waals surface area contributed by atoms with Crippen molar-refractivity contribution < 1.29 is 4.42 Å². The van der Waals surface area contributed by atoms with E-state index in [0.29, 0.717) is 6.54 Å². The fraction of sp³-hybridized carbons (Fsp3) is 0.231. The van der Waals surface area contributed by atoms with E-state index in [1.54, 1.807) is 11.8 Å². The molecule has 18 heavy (non-hydrogen) atoms. The van der Waals surface area contributed by atoms with Crippen molar-refractivity contribution in [1.82, 2.24) is 0 Å². The van der Waals surface area contributed by atoms with E-state index in [2.05, 4.69) is 34.2 Å². The van der Waals surface area contributed by atoms with Crippen LogP contribution in [0.2, 0.25) is 5.02 Å². The van der Waals surface area contributed by atoms with Crippen LogP contribution in [0.15, 0.2) is 34.7 Å². The predicted molar refractivity (Wildman–Crippen MR) is 87.4 cm³/mol. The second kappa shape index (κ2) is 6.73. The zero-order valence-corrected chi connectivity index (χ0v) is 13.6. The van der Waals surface area contributed by atoms with Gasteiger partial charge >= 0.3 is 0 Å². The quantitative estimate of drug-likeness (QED) is 0.723. The molecule has 96 valence electrons. The number of benzene rings is 1. The van der Waals surface area contributed by atoms with Gasteiger partial charge in [-0.3, -0.25) is 0 Å². The third-order valence-corrected chi connectivity index (χ3v) is 4.09. The highest BCUT2D eigenvalue weighted by molar-refractivity contribution is 14.1. The average Bonchev–Trinajstić information content (AvgIpc) is 2.76. The lowest BCUT2D eigenvalue weighted by atomic mass is 10.3. The number of hydrogen-bond donors (Lipinski definition) is 1. The van der Waals surface area contributed by atoms with E-state index in [4.69, 9.17) is 16.0 Å². The van der Waals surface area contributed by atoms with E-state index >= 15 is 0 Å². The standard InChI is InChI=1S/C13H13ClINOS/c1-18-8-11-4-3-10(17-11)7-16-13-5-2-9(14)6-12(13)15/h2-6,16H,7-8H2,1H3. The molecule has 5 heteroatoms. The maximum atomic E-state index is 5.92. The van der Waals surface area contributed by atoms with Gasteiger partial charge in [-0.2, -0.15) is 11.8 Å². The van der Waals surface area contributed by atoms with Gasteiger partial charge in [0.15, 0.2) is 0 Å². The highest BCUT2D eigenvalue weighted by Crippen LogP contribution is 2.23. The molecule has 0 unspecified atom stereocenters. The Hall–Kier alpha value is -0.330. The highest BCUT2D eigenvalue weighted by atomic mass is 127. The van der Waals surface area contributed by atoms with Crippen LogP contribution >= 0.6 is 46.0 Å². The summed E-state index contributed by atoms with van der Waals surface area (Å²) in [6.07, 6.45) is 2.07. The minimum Gasteiger partial charge on any atom is -0.463 e. The molecular formula is C13H13ClINOS. The largest absolute Gasteiger partial charge is 0.463 e. The Morgan fingerprint density at radius 3 is 2.78 bits per heavy atom. The number of hydrogen-bond acceptors (Lipinski definition) is 3. The average molecular weight is 394 g/mol. The van der Waals surface area contributed by atoms with Gasteiger partial charge in [-0.1, -0.05) is 11.6 Å². The first-order valence-corrected chi connectivity index (χ1v) is 8.29. The minimum absolute atomic E-state index is 0.687. The zero-order chi connectivity index (χ0) is 13.0. The van der Waals surface area contributed by atoms with E-state index in [0.717, 1.165) is 31.6 Å². The van der Waals surface area contributed by atoms with Crippen molar-refractivity contribution in [3.8, 4) is 0 Å². The molecule has 2 nitrogen and oxygen atoms in total. The molecule has 2 aromatic rings. The molecule has 1 aromatic heterocycles. The molecule has 0 saturated heterocycles. The number of thioether (sulfide) groups is 1. The van der Waals surface area contributed by atoms with E-state index < -0.39 is 0 Å². The summed E-state index contributed by atoms with van der Waals surface area (Å²) in [5.74, 6) is 2.88. The maximum Gasteiger partial charge on any atom is 0.123 e. The van der Waals surface area contributed by atoms with Crippen molar-refractivity contribution in [3.63, 3.8) is 0 Å². The Balaban J connectivity index is 1.97. The maximum absolute atomic E-state index is 5.92. The lowest BCUT2D eigenvalue weighted by molar-refractivity contribution is 0.487. The van der Waals surface area contributed by atoms with Crippen molar-refractivity contribution >= 4 is 51.6 Å². The van der Waals surface area contributed by atoms with Crippen LogP contribution in [0.25, 0.3) is 0 Å². The van der Waals surface area contributed by atoms with E-state index in [1.807, 2.05) is 30.3 Å². The van der Waals surface area contributed by atoms with Gasteiger partial charge in [0.25, 0.3) is 0 Å². The molecule has 1 heterocycles.